The molecule has 0 saturated heterocycles. The Labute approximate surface area is 148 Å². The van der Waals surface area contributed by atoms with E-state index in [2.05, 4.69) is 19.9 Å². The molecule has 2 aliphatic rings. The minimum absolute atomic E-state index is 0.0628. The van der Waals surface area contributed by atoms with Crippen molar-refractivity contribution in [1.29, 1.82) is 0 Å². The van der Waals surface area contributed by atoms with Gasteiger partial charge < -0.3 is 9.47 Å². The van der Waals surface area contributed by atoms with Gasteiger partial charge in [-0.15, -0.1) is 0 Å². The number of methoxy groups -OCH3 is 1. The van der Waals surface area contributed by atoms with E-state index in [0.717, 1.165) is 40.4 Å². The maximum absolute atomic E-state index is 13.0. The zero-order valence-corrected chi connectivity index (χ0v) is 14.8. The van der Waals surface area contributed by atoms with Gasteiger partial charge >= 0.3 is 0 Å². The molecule has 128 valence electrons. The number of para-hydroxylation sites is 1. The van der Waals surface area contributed by atoms with Crippen molar-refractivity contribution in [1.82, 2.24) is 0 Å². The first kappa shape index (κ1) is 15.9. The summed E-state index contributed by atoms with van der Waals surface area (Å²) in [6.45, 7) is 4.25. The first-order valence-corrected chi connectivity index (χ1v) is 8.65. The molecule has 3 heteroatoms. The number of allylic oxidation sites excluding steroid dienone is 2. The lowest BCUT2D eigenvalue weighted by Crippen LogP contribution is -2.32. The van der Waals surface area contributed by atoms with Gasteiger partial charge in [-0.3, -0.25) is 4.79 Å². The highest BCUT2D eigenvalue weighted by Gasteiger charge is 2.41. The lowest BCUT2D eigenvalue weighted by Gasteiger charge is -2.38. The van der Waals surface area contributed by atoms with Crippen molar-refractivity contribution in [2.75, 3.05) is 7.11 Å². The van der Waals surface area contributed by atoms with E-state index in [9.17, 15) is 4.79 Å². The fraction of sp³-hybridized carbons (Fsp3) is 0.318. The Kier molecular flexibility index (Phi) is 3.68. The van der Waals surface area contributed by atoms with Crippen LogP contribution in [0.15, 0.2) is 59.9 Å². The van der Waals surface area contributed by atoms with Crippen LogP contribution in [0.25, 0.3) is 0 Å². The van der Waals surface area contributed by atoms with Crippen molar-refractivity contribution >= 4 is 5.78 Å². The molecule has 0 saturated carbocycles. The molecule has 0 bridgehead atoms. The van der Waals surface area contributed by atoms with Crippen LogP contribution in [0.4, 0.5) is 0 Å². The normalized spacial score (nSPS) is 21.2. The summed E-state index contributed by atoms with van der Waals surface area (Å²) >= 11 is 0. The number of carbonyl (C=O) groups excluding carboxylic acids is 1. The Bertz CT molecular complexity index is 859. The molecule has 1 aliphatic heterocycles. The third-order valence-corrected chi connectivity index (χ3v) is 5.08. The molecule has 3 nitrogen and oxygen atoms in total. The van der Waals surface area contributed by atoms with E-state index in [4.69, 9.17) is 9.47 Å². The van der Waals surface area contributed by atoms with Crippen LogP contribution in [-0.4, -0.2) is 12.9 Å². The van der Waals surface area contributed by atoms with Gasteiger partial charge in [-0.2, -0.15) is 0 Å². The Morgan fingerprint density at radius 2 is 1.76 bits per heavy atom. The molecular formula is C22H22O3. The zero-order chi connectivity index (χ0) is 17.6. The molecule has 0 unspecified atom stereocenters. The molecular weight excluding hydrogens is 312 g/mol. The van der Waals surface area contributed by atoms with Gasteiger partial charge in [0.1, 0.15) is 17.3 Å². The average Bonchev–Trinajstić information content (AvgIpc) is 2.59. The average molecular weight is 334 g/mol. The second kappa shape index (κ2) is 5.76. The quantitative estimate of drug-likeness (QED) is 0.786. The number of fused-ring (bicyclic) bond motifs is 1. The van der Waals surface area contributed by atoms with Gasteiger partial charge in [0.15, 0.2) is 5.78 Å². The zero-order valence-electron chi connectivity index (χ0n) is 14.8. The second-order valence-corrected chi connectivity index (χ2v) is 7.62. The Morgan fingerprint density at radius 3 is 2.48 bits per heavy atom. The molecule has 25 heavy (non-hydrogen) atoms. The van der Waals surface area contributed by atoms with Crippen LogP contribution in [0.3, 0.4) is 0 Å². The number of benzene rings is 2. The van der Waals surface area contributed by atoms with Gasteiger partial charge in [-0.25, -0.2) is 0 Å². The van der Waals surface area contributed by atoms with Gasteiger partial charge in [0.05, 0.1) is 7.11 Å². The minimum atomic E-state index is -0.0746. The maximum atomic E-state index is 13.0. The van der Waals surface area contributed by atoms with E-state index >= 15 is 0 Å². The van der Waals surface area contributed by atoms with Gasteiger partial charge in [-0.05, 0) is 29.2 Å². The number of carbonyl (C=O) groups is 1. The van der Waals surface area contributed by atoms with Crippen molar-refractivity contribution in [2.24, 2.45) is 5.41 Å². The third kappa shape index (κ3) is 2.74. The van der Waals surface area contributed by atoms with Crippen molar-refractivity contribution in [3.05, 3.63) is 71.0 Å². The summed E-state index contributed by atoms with van der Waals surface area (Å²) in [5.74, 6) is 2.62. The second-order valence-electron chi connectivity index (χ2n) is 7.62. The van der Waals surface area contributed by atoms with E-state index in [-0.39, 0.29) is 17.1 Å². The number of ether oxygens (including phenoxy) is 2. The monoisotopic (exact) mass is 334 g/mol. The molecule has 0 spiro atoms. The Hall–Kier alpha value is -2.55. The van der Waals surface area contributed by atoms with Crippen LogP contribution < -0.4 is 9.47 Å². The molecule has 0 amide bonds. The molecule has 1 atom stereocenters. The highest BCUT2D eigenvalue weighted by molar-refractivity contribution is 6.00. The SMILES string of the molecule is COc1ccc([C@H]2C3=C(CC(C)(C)CC3=O)Oc3ccccc32)cc1. The van der Waals surface area contributed by atoms with Crippen LogP contribution in [-0.2, 0) is 4.79 Å². The third-order valence-electron chi connectivity index (χ3n) is 5.08. The van der Waals surface area contributed by atoms with Crippen LogP contribution in [0.5, 0.6) is 11.5 Å². The summed E-state index contributed by atoms with van der Waals surface area (Å²) in [5, 5.41) is 0. The van der Waals surface area contributed by atoms with E-state index in [1.807, 2.05) is 42.5 Å². The van der Waals surface area contributed by atoms with Crippen molar-refractivity contribution in [3.8, 4) is 11.5 Å². The predicted octanol–water partition coefficient (Wildman–Crippen LogP) is 4.86. The standard InChI is InChI=1S/C22H22O3/c1-22(2)12-17(23)21-19(13-22)25-18-7-5-4-6-16(18)20(21)14-8-10-15(24-3)11-9-14/h4-11,20H,12-13H2,1-3H3/t20-/m1/s1. The molecule has 4 rings (SSSR count). The summed E-state index contributed by atoms with van der Waals surface area (Å²) in [6.07, 6.45) is 1.35. The van der Waals surface area contributed by atoms with Crippen molar-refractivity contribution in [2.45, 2.75) is 32.6 Å². The van der Waals surface area contributed by atoms with E-state index in [1.54, 1.807) is 7.11 Å². The Morgan fingerprint density at radius 1 is 1.04 bits per heavy atom. The molecule has 1 heterocycles. The van der Waals surface area contributed by atoms with Crippen LogP contribution >= 0.6 is 0 Å². The fourth-order valence-electron chi connectivity index (χ4n) is 3.93. The smallest absolute Gasteiger partial charge is 0.163 e. The summed E-state index contributed by atoms with van der Waals surface area (Å²) in [6, 6.07) is 16.0. The number of ketones is 1. The molecule has 0 fully saturated rings. The predicted molar refractivity (Wildman–Crippen MR) is 97.0 cm³/mol. The summed E-state index contributed by atoms with van der Waals surface area (Å²) in [5.41, 5.74) is 2.91. The molecule has 0 N–H and O–H groups in total. The van der Waals surface area contributed by atoms with Crippen LogP contribution in [0, 0.1) is 5.41 Å². The molecule has 2 aromatic rings. The number of Topliss-reactive ketones (excluding diaryl/α,β-unsaturated/α-hetero) is 1. The molecule has 1 aliphatic carbocycles. The van der Waals surface area contributed by atoms with E-state index < -0.39 is 0 Å². The summed E-state index contributed by atoms with van der Waals surface area (Å²) in [7, 11) is 1.66. The molecule has 0 aromatic heterocycles. The van der Waals surface area contributed by atoms with Gasteiger partial charge in [0.2, 0.25) is 0 Å². The minimum Gasteiger partial charge on any atom is -0.497 e. The molecule has 2 aromatic carbocycles. The number of rotatable bonds is 2. The van der Waals surface area contributed by atoms with Crippen molar-refractivity contribution in [3.63, 3.8) is 0 Å². The number of hydrogen-bond donors (Lipinski definition) is 0. The van der Waals surface area contributed by atoms with Crippen LogP contribution in [0.1, 0.15) is 43.7 Å². The van der Waals surface area contributed by atoms with Gasteiger partial charge in [-0.1, -0.05) is 44.2 Å². The van der Waals surface area contributed by atoms with Gasteiger partial charge in [0.25, 0.3) is 0 Å². The topological polar surface area (TPSA) is 35.5 Å². The first-order chi connectivity index (χ1) is 12.0. The van der Waals surface area contributed by atoms with Crippen LogP contribution in [0.2, 0.25) is 0 Å². The van der Waals surface area contributed by atoms with Gasteiger partial charge in [0, 0.05) is 29.9 Å². The largest absolute Gasteiger partial charge is 0.497 e. The fourth-order valence-corrected chi connectivity index (χ4v) is 3.93. The lowest BCUT2D eigenvalue weighted by molar-refractivity contribution is -0.118. The lowest BCUT2D eigenvalue weighted by atomic mass is 9.70. The highest BCUT2D eigenvalue weighted by Crippen LogP contribution is 2.49. The van der Waals surface area contributed by atoms with Crippen molar-refractivity contribution < 1.29 is 14.3 Å². The Balaban J connectivity index is 1.88. The first-order valence-electron chi connectivity index (χ1n) is 8.65. The molecule has 0 radical (unpaired) electrons. The van der Waals surface area contributed by atoms with E-state index in [0.29, 0.717) is 6.42 Å². The highest BCUT2D eigenvalue weighted by atomic mass is 16.5. The summed E-state index contributed by atoms with van der Waals surface area (Å²) < 4.78 is 11.5. The number of hydrogen-bond acceptors (Lipinski definition) is 3. The summed E-state index contributed by atoms with van der Waals surface area (Å²) in [4.78, 5) is 13.0. The van der Waals surface area contributed by atoms with E-state index in [1.165, 1.54) is 0 Å². The maximum Gasteiger partial charge on any atom is 0.163 e.